The minimum Gasteiger partial charge on any atom is -0.380 e. The number of alkyl halides is 1. The van der Waals surface area contributed by atoms with Gasteiger partial charge in [0.05, 0.1) is 12.4 Å². The van der Waals surface area contributed by atoms with Crippen LogP contribution in [0, 0.1) is 0 Å². The molecule has 92 valence electrons. The Labute approximate surface area is 97.6 Å². The number of likely N-dealkylation sites (N-methyl/N-ethyl adjacent to an activating group) is 1. The highest BCUT2D eigenvalue weighted by Gasteiger charge is 2.19. The van der Waals surface area contributed by atoms with Gasteiger partial charge in [-0.25, -0.2) is 8.42 Å². The van der Waals surface area contributed by atoms with Crippen LogP contribution in [0.2, 0.25) is 0 Å². The van der Waals surface area contributed by atoms with Gasteiger partial charge in [0.1, 0.15) is 0 Å². The summed E-state index contributed by atoms with van der Waals surface area (Å²) in [4.78, 5) is 0. The highest BCUT2D eigenvalue weighted by Crippen LogP contribution is 2.03. The average molecular weight is 258 g/mol. The van der Waals surface area contributed by atoms with Gasteiger partial charge in [0.2, 0.25) is 10.0 Å². The zero-order chi connectivity index (χ0) is 11.7. The highest BCUT2D eigenvalue weighted by molar-refractivity contribution is 7.89. The molecule has 0 spiro atoms. The van der Waals surface area contributed by atoms with Gasteiger partial charge in [-0.05, 0) is 13.3 Å². The molecule has 0 atom stereocenters. The monoisotopic (exact) mass is 257 g/mol. The van der Waals surface area contributed by atoms with Gasteiger partial charge < -0.3 is 4.74 Å². The minimum absolute atomic E-state index is 0.121. The molecule has 0 rings (SSSR count). The lowest BCUT2D eigenvalue weighted by Gasteiger charge is -2.19. The van der Waals surface area contributed by atoms with Crippen molar-refractivity contribution in [2.45, 2.75) is 20.3 Å². The molecular formula is C9H20ClNO3S. The van der Waals surface area contributed by atoms with Crippen molar-refractivity contribution in [2.75, 3.05) is 37.9 Å². The predicted molar refractivity (Wildman–Crippen MR) is 62.9 cm³/mol. The maximum Gasteiger partial charge on any atom is 0.214 e. The van der Waals surface area contributed by atoms with Crippen molar-refractivity contribution >= 4 is 21.6 Å². The normalized spacial score (nSPS) is 12.3. The first kappa shape index (κ1) is 15.2. The summed E-state index contributed by atoms with van der Waals surface area (Å²) in [5.41, 5.74) is 0. The lowest BCUT2D eigenvalue weighted by molar-refractivity contribution is 0.135. The fourth-order valence-electron chi connectivity index (χ4n) is 1.17. The Kier molecular flexibility index (Phi) is 8.42. The minimum atomic E-state index is -3.15. The van der Waals surface area contributed by atoms with E-state index in [9.17, 15) is 8.42 Å². The summed E-state index contributed by atoms with van der Waals surface area (Å²) >= 11 is 5.47. The van der Waals surface area contributed by atoms with Gasteiger partial charge in [0.15, 0.2) is 0 Å². The van der Waals surface area contributed by atoms with Gasteiger partial charge >= 0.3 is 0 Å². The van der Waals surface area contributed by atoms with Crippen LogP contribution >= 0.6 is 11.6 Å². The summed E-state index contributed by atoms with van der Waals surface area (Å²) in [6, 6.07) is 0. The van der Waals surface area contributed by atoms with Gasteiger partial charge in [-0.15, -0.1) is 11.6 Å². The van der Waals surface area contributed by atoms with Crippen LogP contribution in [0.5, 0.6) is 0 Å². The van der Waals surface area contributed by atoms with Crippen molar-refractivity contribution in [2.24, 2.45) is 0 Å². The molecular weight excluding hydrogens is 238 g/mol. The predicted octanol–water partition coefficient (Wildman–Crippen LogP) is 1.30. The molecule has 0 aromatic heterocycles. The van der Waals surface area contributed by atoms with Gasteiger partial charge in [-0.1, -0.05) is 6.92 Å². The number of sulfonamides is 1. The molecule has 0 bridgehead atoms. The van der Waals surface area contributed by atoms with E-state index in [0.717, 1.165) is 0 Å². The summed E-state index contributed by atoms with van der Waals surface area (Å²) < 4.78 is 30.0. The molecule has 0 aliphatic heterocycles. The second-order valence-corrected chi connectivity index (χ2v) is 5.51. The Morgan fingerprint density at radius 3 is 2.47 bits per heavy atom. The SMILES string of the molecule is CCOCCN(CC)S(=O)(=O)CCCCl. The first-order valence-corrected chi connectivity index (χ1v) is 7.34. The summed E-state index contributed by atoms with van der Waals surface area (Å²) in [7, 11) is -3.15. The Morgan fingerprint density at radius 2 is 2.00 bits per heavy atom. The summed E-state index contributed by atoms with van der Waals surface area (Å²) in [5.74, 6) is 0.499. The third-order valence-corrected chi connectivity index (χ3v) is 4.27. The molecule has 0 unspecified atom stereocenters. The first-order valence-electron chi connectivity index (χ1n) is 5.20. The summed E-state index contributed by atoms with van der Waals surface area (Å²) in [6.45, 7) is 5.68. The fourth-order valence-corrected chi connectivity index (χ4v) is 2.98. The molecule has 0 aromatic carbocycles. The van der Waals surface area contributed by atoms with Crippen LogP contribution in [0.4, 0.5) is 0 Å². The van der Waals surface area contributed by atoms with Crippen LogP contribution in [0.1, 0.15) is 20.3 Å². The molecule has 0 radical (unpaired) electrons. The largest absolute Gasteiger partial charge is 0.380 e. The van der Waals surface area contributed by atoms with Crippen LogP contribution in [0.15, 0.2) is 0 Å². The van der Waals surface area contributed by atoms with Gasteiger partial charge in [0.25, 0.3) is 0 Å². The highest BCUT2D eigenvalue weighted by atomic mass is 35.5. The number of ether oxygens (including phenoxy) is 1. The average Bonchev–Trinajstić information content (AvgIpc) is 2.21. The van der Waals surface area contributed by atoms with Gasteiger partial charge in [-0.3, -0.25) is 0 Å². The van der Waals surface area contributed by atoms with Crippen molar-refractivity contribution in [3.63, 3.8) is 0 Å². The van der Waals surface area contributed by atoms with E-state index >= 15 is 0 Å². The zero-order valence-corrected chi connectivity index (χ0v) is 11.0. The van der Waals surface area contributed by atoms with Crippen molar-refractivity contribution in [1.82, 2.24) is 4.31 Å². The maximum atomic E-state index is 11.7. The Morgan fingerprint density at radius 1 is 1.33 bits per heavy atom. The molecule has 0 aliphatic carbocycles. The van der Waals surface area contributed by atoms with E-state index in [2.05, 4.69) is 0 Å². The third-order valence-electron chi connectivity index (χ3n) is 1.97. The Bertz CT molecular complexity index is 244. The summed E-state index contributed by atoms with van der Waals surface area (Å²) in [6.07, 6.45) is 0.495. The molecule has 0 aromatic rings. The first-order chi connectivity index (χ1) is 7.08. The van der Waals surface area contributed by atoms with Crippen LogP contribution in [-0.2, 0) is 14.8 Å². The van der Waals surface area contributed by atoms with E-state index in [4.69, 9.17) is 16.3 Å². The second kappa shape index (κ2) is 8.33. The lowest BCUT2D eigenvalue weighted by Crippen LogP contribution is -2.35. The van der Waals surface area contributed by atoms with Crippen LogP contribution in [0.3, 0.4) is 0 Å². The van der Waals surface area contributed by atoms with E-state index in [1.165, 1.54) is 4.31 Å². The molecule has 15 heavy (non-hydrogen) atoms. The van der Waals surface area contributed by atoms with E-state index in [-0.39, 0.29) is 5.75 Å². The molecule has 0 saturated heterocycles. The second-order valence-electron chi connectivity index (χ2n) is 3.05. The van der Waals surface area contributed by atoms with E-state index in [1.54, 1.807) is 0 Å². The Hall–Kier alpha value is 0.160. The standard InChI is InChI=1S/C9H20ClNO3S/c1-3-11(7-8-14-4-2)15(12,13)9-5-6-10/h3-9H2,1-2H3. The fraction of sp³-hybridized carbons (Fsp3) is 1.00. The number of rotatable bonds is 9. The van der Waals surface area contributed by atoms with Crippen LogP contribution in [-0.4, -0.2) is 50.7 Å². The molecule has 0 amide bonds. The molecule has 0 heterocycles. The third kappa shape index (κ3) is 6.35. The summed E-state index contributed by atoms with van der Waals surface area (Å²) in [5, 5.41) is 0. The smallest absolute Gasteiger partial charge is 0.214 e. The van der Waals surface area contributed by atoms with Crippen molar-refractivity contribution in [1.29, 1.82) is 0 Å². The Balaban J connectivity index is 4.12. The van der Waals surface area contributed by atoms with E-state index in [1.807, 2.05) is 13.8 Å². The van der Waals surface area contributed by atoms with Crippen LogP contribution < -0.4 is 0 Å². The molecule has 0 fully saturated rings. The number of halogens is 1. The lowest BCUT2D eigenvalue weighted by atomic mass is 10.6. The van der Waals surface area contributed by atoms with Crippen molar-refractivity contribution in [3.8, 4) is 0 Å². The van der Waals surface area contributed by atoms with Gasteiger partial charge in [0, 0.05) is 25.6 Å². The molecule has 0 saturated carbocycles. The van der Waals surface area contributed by atoms with Gasteiger partial charge in [-0.2, -0.15) is 4.31 Å². The van der Waals surface area contributed by atoms with E-state index < -0.39 is 10.0 Å². The quantitative estimate of drug-likeness (QED) is 0.462. The molecule has 4 nitrogen and oxygen atoms in total. The molecule has 0 N–H and O–H groups in total. The van der Waals surface area contributed by atoms with E-state index in [0.29, 0.717) is 38.6 Å². The molecule has 6 heteroatoms. The molecule has 0 aliphatic rings. The van der Waals surface area contributed by atoms with Crippen LogP contribution in [0.25, 0.3) is 0 Å². The van der Waals surface area contributed by atoms with Crippen molar-refractivity contribution < 1.29 is 13.2 Å². The number of hydrogen-bond acceptors (Lipinski definition) is 3. The topological polar surface area (TPSA) is 46.6 Å². The number of hydrogen-bond donors (Lipinski definition) is 0. The number of nitrogens with zero attached hydrogens (tertiary/aromatic N) is 1. The zero-order valence-electron chi connectivity index (χ0n) is 9.41. The van der Waals surface area contributed by atoms with Crippen molar-refractivity contribution in [3.05, 3.63) is 0 Å². The maximum absolute atomic E-state index is 11.7.